The summed E-state index contributed by atoms with van der Waals surface area (Å²) in [6.45, 7) is 9.43. The van der Waals surface area contributed by atoms with E-state index in [0.717, 1.165) is 64.2 Å². The lowest BCUT2D eigenvalue weighted by Gasteiger charge is -2.46. The van der Waals surface area contributed by atoms with Crippen molar-refractivity contribution in [3.05, 3.63) is 95.5 Å². The number of rotatable bonds is 4. The standard InChI is InChI=1S/C40H52O6/c1-5-39-23-15-9-17-25-44-38(42)36-28-34(32-21-13-8-14-22-32)30(4)40(6-2,46-36)24-16-10-18-26-43-37(41)35(45-39)27-33(29(39)3)31-19-11-7-12-20-31/h7-8,11-14,19-22,27-30,33-34H,5-6,9-10,15-18,23-26H2,1-4H3. The molecule has 4 bridgehead atoms. The van der Waals surface area contributed by atoms with Gasteiger partial charge < -0.3 is 18.9 Å². The van der Waals surface area contributed by atoms with E-state index in [1.165, 1.54) is 11.1 Å². The number of hydrogen-bond donors (Lipinski definition) is 0. The molecule has 5 rings (SSSR count). The zero-order valence-corrected chi connectivity index (χ0v) is 28.2. The molecule has 6 heteroatoms. The lowest BCUT2D eigenvalue weighted by Crippen LogP contribution is -2.45. The van der Waals surface area contributed by atoms with Crippen LogP contribution in [0.2, 0.25) is 0 Å². The average molecular weight is 629 g/mol. The van der Waals surface area contributed by atoms with E-state index >= 15 is 0 Å². The van der Waals surface area contributed by atoms with Crippen LogP contribution in [0.4, 0.5) is 0 Å². The molecule has 2 aromatic carbocycles. The Kier molecular flexibility index (Phi) is 11.3. The maximum Gasteiger partial charge on any atom is 0.373 e. The minimum atomic E-state index is -0.492. The van der Waals surface area contributed by atoms with Gasteiger partial charge in [0.05, 0.1) is 13.2 Å². The molecule has 6 atom stereocenters. The molecule has 0 amide bonds. The van der Waals surface area contributed by atoms with Gasteiger partial charge in [0.25, 0.3) is 0 Å². The topological polar surface area (TPSA) is 71.1 Å². The lowest BCUT2D eigenvalue weighted by atomic mass is 9.70. The minimum absolute atomic E-state index is 0.0517. The predicted molar refractivity (Wildman–Crippen MR) is 180 cm³/mol. The number of allylic oxidation sites excluding steroid dienone is 2. The number of carbonyl (C=O) groups excluding carboxylic acids is 2. The summed E-state index contributed by atoms with van der Waals surface area (Å²) in [7, 11) is 0. The third-order valence-corrected chi connectivity index (χ3v) is 10.9. The van der Waals surface area contributed by atoms with Crippen molar-refractivity contribution in [2.75, 3.05) is 13.2 Å². The normalized spacial score (nSPS) is 31.6. The zero-order chi connectivity index (χ0) is 32.6. The highest BCUT2D eigenvalue weighted by Gasteiger charge is 2.47. The lowest BCUT2D eigenvalue weighted by molar-refractivity contribution is -0.153. The van der Waals surface area contributed by atoms with Gasteiger partial charge in [-0.3, -0.25) is 0 Å². The molecular formula is C40H52O6. The van der Waals surface area contributed by atoms with E-state index in [4.69, 9.17) is 18.9 Å². The Morgan fingerprint density at radius 1 is 0.587 bits per heavy atom. The third-order valence-electron chi connectivity index (χ3n) is 10.9. The zero-order valence-electron chi connectivity index (χ0n) is 28.2. The van der Waals surface area contributed by atoms with Gasteiger partial charge in [-0.15, -0.1) is 0 Å². The largest absolute Gasteiger partial charge is 0.480 e. The van der Waals surface area contributed by atoms with Gasteiger partial charge in [-0.2, -0.15) is 0 Å². The molecule has 3 heterocycles. The maximum atomic E-state index is 13.4. The Balaban J connectivity index is 1.36. The van der Waals surface area contributed by atoms with Gasteiger partial charge in [0.15, 0.2) is 0 Å². The van der Waals surface area contributed by atoms with E-state index < -0.39 is 11.2 Å². The van der Waals surface area contributed by atoms with Crippen LogP contribution in [0.1, 0.15) is 115 Å². The minimum Gasteiger partial charge on any atom is -0.480 e. The van der Waals surface area contributed by atoms with Gasteiger partial charge in [-0.05, 0) is 87.5 Å². The highest BCUT2D eigenvalue weighted by Crippen LogP contribution is 2.48. The van der Waals surface area contributed by atoms with Gasteiger partial charge in [0.1, 0.15) is 11.2 Å². The van der Waals surface area contributed by atoms with Crippen LogP contribution in [0.15, 0.2) is 84.3 Å². The highest BCUT2D eigenvalue weighted by molar-refractivity contribution is 5.87. The first-order chi connectivity index (χ1) is 22.3. The SMILES string of the molecule is CCC12CCCCCOC(=O)C3=CC(c4ccccc4)C(C)C(CC)(CCCCCOC(=O)C(=CC(c4ccccc4)C1C)O2)O3. The molecule has 248 valence electrons. The Bertz CT molecular complexity index is 1260. The van der Waals surface area contributed by atoms with Crippen molar-refractivity contribution < 1.29 is 28.5 Å². The molecule has 0 radical (unpaired) electrons. The summed E-state index contributed by atoms with van der Waals surface area (Å²) in [5, 5.41) is 0. The summed E-state index contributed by atoms with van der Waals surface area (Å²) in [5.74, 6) is 0.355. The van der Waals surface area contributed by atoms with Gasteiger partial charge in [-0.25, -0.2) is 9.59 Å². The van der Waals surface area contributed by atoms with Crippen molar-refractivity contribution in [3.63, 3.8) is 0 Å². The number of cyclic esters (lactones) is 2. The molecule has 0 aliphatic carbocycles. The molecule has 1 saturated heterocycles. The first-order valence-electron chi connectivity index (χ1n) is 17.6. The number of hydrogen-bond acceptors (Lipinski definition) is 6. The second-order valence-electron chi connectivity index (χ2n) is 13.4. The van der Waals surface area contributed by atoms with Crippen molar-refractivity contribution in [3.8, 4) is 0 Å². The summed E-state index contributed by atoms with van der Waals surface area (Å²) >= 11 is 0. The Labute approximate surface area is 275 Å². The van der Waals surface area contributed by atoms with Gasteiger partial charge in [0.2, 0.25) is 11.5 Å². The Morgan fingerprint density at radius 2 is 0.978 bits per heavy atom. The van der Waals surface area contributed by atoms with Crippen LogP contribution in [-0.4, -0.2) is 36.4 Å². The quantitative estimate of drug-likeness (QED) is 0.315. The van der Waals surface area contributed by atoms with Crippen molar-refractivity contribution in [2.24, 2.45) is 11.8 Å². The average Bonchev–Trinajstić information content (AvgIpc) is 3.09. The van der Waals surface area contributed by atoms with Crippen LogP contribution in [0.25, 0.3) is 0 Å². The first kappa shape index (κ1) is 33.8. The molecule has 46 heavy (non-hydrogen) atoms. The molecule has 3 aliphatic heterocycles. The van der Waals surface area contributed by atoms with Crippen LogP contribution in [0, 0.1) is 11.8 Å². The van der Waals surface area contributed by atoms with E-state index in [1.807, 2.05) is 48.6 Å². The fourth-order valence-electron chi connectivity index (χ4n) is 7.88. The molecule has 0 spiro atoms. The fraction of sp³-hybridized carbons (Fsp3) is 0.550. The molecule has 2 aromatic rings. The second kappa shape index (κ2) is 15.4. The van der Waals surface area contributed by atoms with E-state index in [9.17, 15) is 9.59 Å². The summed E-state index contributed by atoms with van der Waals surface area (Å²) in [4.78, 5) is 26.9. The summed E-state index contributed by atoms with van der Waals surface area (Å²) in [6.07, 6.45) is 12.2. The third kappa shape index (κ3) is 7.37. The van der Waals surface area contributed by atoms with Crippen molar-refractivity contribution in [2.45, 2.75) is 115 Å². The number of ether oxygens (including phenoxy) is 4. The molecule has 0 saturated carbocycles. The second-order valence-corrected chi connectivity index (χ2v) is 13.4. The highest BCUT2D eigenvalue weighted by atomic mass is 16.6. The number of esters is 2. The van der Waals surface area contributed by atoms with Crippen LogP contribution >= 0.6 is 0 Å². The molecule has 1 fully saturated rings. The summed E-state index contributed by atoms with van der Waals surface area (Å²) < 4.78 is 24.9. The summed E-state index contributed by atoms with van der Waals surface area (Å²) in [6, 6.07) is 20.8. The van der Waals surface area contributed by atoms with Gasteiger partial charge >= 0.3 is 11.9 Å². The monoisotopic (exact) mass is 628 g/mol. The number of carbonyl (C=O) groups is 2. The maximum absolute atomic E-state index is 13.4. The predicted octanol–water partition coefficient (Wildman–Crippen LogP) is 9.17. The van der Waals surface area contributed by atoms with E-state index in [0.29, 0.717) is 24.7 Å². The molecule has 6 unspecified atom stereocenters. The number of benzene rings is 2. The first-order valence-corrected chi connectivity index (χ1v) is 17.6. The van der Waals surface area contributed by atoms with Crippen LogP contribution in [0.5, 0.6) is 0 Å². The van der Waals surface area contributed by atoms with Crippen LogP contribution in [0.3, 0.4) is 0 Å². The summed E-state index contributed by atoms with van der Waals surface area (Å²) in [5.41, 5.74) is 1.38. The molecular weight excluding hydrogens is 576 g/mol. The van der Waals surface area contributed by atoms with Crippen molar-refractivity contribution in [1.29, 1.82) is 0 Å². The Hall–Kier alpha value is -3.54. The van der Waals surface area contributed by atoms with E-state index in [-0.39, 0.29) is 35.6 Å². The Morgan fingerprint density at radius 3 is 1.35 bits per heavy atom. The molecule has 3 aliphatic rings. The van der Waals surface area contributed by atoms with Crippen molar-refractivity contribution >= 4 is 11.9 Å². The van der Waals surface area contributed by atoms with Crippen LogP contribution in [-0.2, 0) is 28.5 Å². The number of fused-ring (bicyclic) bond motifs is 4. The van der Waals surface area contributed by atoms with E-state index in [2.05, 4.69) is 52.0 Å². The van der Waals surface area contributed by atoms with E-state index in [1.54, 1.807) is 0 Å². The van der Waals surface area contributed by atoms with Gasteiger partial charge in [-0.1, -0.05) is 88.4 Å². The van der Waals surface area contributed by atoms with Gasteiger partial charge in [0, 0.05) is 23.7 Å². The van der Waals surface area contributed by atoms with Crippen molar-refractivity contribution in [1.82, 2.24) is 0 Å². The molecule has 0 N–H and O–H groups in total. The van der Waals surface area contributed by atoms with Crippen LogP contribution < -0.4 is 0 Å². The fourth-order valence-corrected chi connectivity index (χ4v) is 7.88. The molecule has 6 nitrogen and oxygen atoms in total. The smallest absolute Gasteiger partial charge is 0.373 e. The molecule has 0 aromatic heterocycles.